The van der Waals surface area contributed by atoms with Crippen molar-refractivity contribution in [3.05, 3.63) is 70.6 Å². The van der Waals surface area contributed by atoms with Crippen LogP contribution in [0, 0.1) is 5.82 Å². The number of nitrogens with two attached hydrogens (primary N) is 1. The summed E-state index contributed by atoms with van der Waals surface area (Å²) >= 11 is 6.19. The third-order valence-corrected chi connectivity index (χ3v) is 3.76. The Kier molecular flexibility index (Phi) is 3.39. The van der Waals surface area contributed by atoms with Crippen LogP contribution in [0.5, 0.6) is 0 Å². The van der Waals surface area contributed by atoms with Crippen molar-refractivity contribution in [3.63, 3.8) is 0 Å². The number of nitrogens with zero attached hydrogens (tertiary/aromatic N) is 1. The molecule has 21 heavy (non-hydrogen) atoms. The number of rotatable bonds is 3. The minimum atomic E-state index is -0.509. The number of amides is 1. The summed E-state index contributed by atoms with van der Waals surface area (Å²) in [6, 6.07) is 11.5. The number of halogens is 2. The van der Waals surface area contributed by atoms with Crippen LogP contribution >= 0.6 is 11.6 Å². The van der Waals surface area contributed by atoms with Crippen molar-refractivity contribution in [1.29, 1.82) is 0 Å². The van der Waals surface area contributed by atoms with E-state index in [1.807, 2.05) is 16.8 Å². The molecule has 2 aromatic carbocycles. The number of benzene rings is 2. The Morgan fingerprint density at radius 3 is 2.71 bits per heavy atom. The van der Waals surface area contributed by atoms with E-state index >= 15 is 0 Å². The number of carbonyl (C=O) groups excluding carboxylic acids is 1. The first-order valence-corrected chi connectivity index (χ1v) is 6.75. The van der Waals surface area contributed by atoms with Crippen molar-refractivity contribution in [3.8, 4) is 0 Å². The molecular weight excluding hydrogens is 291 g/mol. The van der Waals surface area contributed by atoms with Gasteiger partial charge in [0.2, 0.25) is 5.91 Å². The summed E-state index contributed by atoms with van der Waals surface area (Å²) in [5.41, 5.74) is 7.38. The Bertz CT molecular complexity index is 841. The Labute approximate surface area is 125 Å². The standard InChI is InChI=1S/C16H12ClFN2O/c17-14-8-11(16(19)21)1-2-12(14)9-20-6-5-10-7-13(18)3-4-15(10)20/h1-8H,9H2,(H2,19,21). The largest absolute Gasteiger partial charge is 0.366 e. The predicted octanol–water partition coefficient (Wildman–Crippen LogP) is 3.58. The first kappa shape index (κ1) is 13.6. The van der Waals surface area contributed by atoms with Gasteiger partial charge in [-0.3, -0.25) is 4.79 Å². The lowest BCUT2D eigenvalue weighted by atomic mass is 10.1. The summed E-state index contributed by atoms with van der Waals surface area (Å²) < 4.78 is 15.2. The van der Waals surface area contributed by atoms with Crippen LogP contribution in [-0.4, -0.2) is 10.5 Å². The number of carbonyl (C=O) groups is 1. The lowest BCUT2D eigenvalue weighted by molar-refractivity contribution is 0.100. The molecule has 1 aromatic heterocycles. The fraction of sp³-hybridized carbons (Fsp3) is 0.0625. The van der Waals surface area contributed by atoms with Gasteiger partial charge in [0.05, 0.1) is 0 Å². The van der Waals surface area contributed by atoms with Crippen molar-refractivity contribution in [1.82, 2.24) is 4.57 Å². The highest BCUT2D eigenvalue weighted by atomic mass is 35.5. The molecule has 0 bridgehead atoms. The third kappa shape index (κ3) is 2.62. The van der Waals surface area contributed by atoms with Gasteiger partial charge in [0, 0.05) is 34.2 Å². The van der Waals surface area contributed by atoms with Gasteiger partial charge in [0.15, 0.2) is 0 Å². The van der Waals surface area contributed by atoms with E-state index in [4.69, 9.17) is 17.3 Å². The number of fused-ring (bicyclic) bond motifs is 1. The van der Waals surface area contributed by atoms with Crippen molar-refractivity contribution in [2.75, 3.05) is 0 Å². The van der Waals surface area contributed by atoms with E-state index in [9.17, 15) is 9.18 Å². The molecular formula is C16H12ClFN2O. The highest BCUT2D eigenvalue weighted by molar-refractivity contribution is 6.31. The summed E-state index contributed by atoms with van der Waals surface area (Å²) in [5, 5.41) is 1.31. The SMILES string of the molecule is NC(=O)c1ccc(Cn2ccc3cc(F)ccc32)c(Cl)c1. The Morgan fingerprint density at radius 1 is 1.19 bits per heavy atom. The highest BCUT2D eigenvalue weighted by Gasteiger charge is 2.08. The van der Waals surface area contributed by atoms with Crippen molar-refractivity contribution >= 4 is 28.4 Å². The van der Waals surface area contributed by atoms with Crippen LogP contribution in [0.1, 0.15) is 15.9 Å². The van der Waals surface area contributed by atoms with E-state index in [0.717, 1.165) is 16.5 Å². The zero-order valence-electron chi connectivity index (χ0n) is 11.0. The molecule has 1 amide bonds. The molecule has 0 aliphatic carbocycles. The molecule has 5 heteroatoms. The number of aromatic nitrogens is 1. The molecule has 0 aliphatic rings. The zero-order chi connectivity index (χ0) is 15.0. The van der Waals surface area contributed by atoms with E-state index in [-0.39, 0.29) is 5.82 Å². The lowest BCUT2D eigenvalue weighted by Gasteiger charge is -2.08. The molecule has 0 atom stereocenters. The minimum Gasteiger partial charge on any atom is -0.366 e. The summed E-state index contributed by atoms with van der Waals surface area (Å²) in [4.78, 5) is 11.1. The summed E-state index contributed by atoms with van der Waals surface area (Å²) in [6.07, 6.45) is 1.88. The van der Waals surface area contributed by atoms with Gasteiger partial charge in [-0.1, -0.05) is 17.7 Å². The maximum atomic E-state index is 13.2. The van der Waals surface area contributed by atoms with Crippen molar-refractivity contribution < 1.29 is 9.18 Å². The third-order valence-electron chi connectivity index (χ3n) is 3.41. The predicted molar refractivity (Wildman–Crippen MR) is 81.0 cm³/mol. The molecule has 0 saturated heterocycles. The quantitative estimate of drug-likeness (QED) is 0.790. The van der Waals surface area contributed by atoms with Crippen LogP contribution in [0.15, 0.2) is 48.7 Å². The second-order valence-electron chi connectivity index (χ2n) is 4.82. The molecule has 0 fully saturated rings. The van der Waals surface area contributed by atoms with Crippen molar-refractivity contribution in [2.45, 2.75) is 6.54 Å². The maximum Gasteiger partial charge on any atom is 0.248 e. The summed E-state index contributed by atoms with van der Waals surface area (Å²) in [6.45, 7) is 0.535. The Hall–Kier alpha value is -2.33. The van der Waals surface area contributed by atoms with Gasteiger partial charge in [-0.05, 0) is 42.0 Å². The van der Waals surface area contributed by atoms with Gasteiger partial charge < -0.3 is 10.3 Å². The maximum absolute atomic E-state index is 13.2. The lowest BCUT2D eigenvalue weighted by Crippen LogP contribution is -2.11. The van der Waals surface area contributed by atoms with Crippen LogP contribution in [0.3, 0.4) is 0 Å². The fourth-order valence-corrected chi connectivity index (χ4v) is 2.56. The second kappa shape index (κ2) is 5.22. The Balaban J connectivity index is 1.97. The van der Waals surface area contributed by atoms with Gasteiger partial charge in [-0.15, -0.1) is 0 Å². The van der Waals surface area contributed by atoms with Crippen molar-refractivity contribution in [2.24, 2.45) is 5.73 Å². The van der Waals surface area contributed by atoms with Gasteiger partial charge in [0.25, 0.3) is 0 Å². The summed E-state index contributed by atoms with van der Waals surface area (Å²) in [7, 11) is 0. The van der Waals surface area contributed by atoms with Crippen LogP contribution in [0.4, 0.5) is 4.39 Å². The molecule has 3 nitrogen and oxygen atoms in total. The van der Waals surface area contributed by atoms with E-state index in [1.165, 1.54) is 12.1 Å². The monoisotopic (exact) mass is 302 g/mol. The molecule has 0 aliphatic heterocycles. The molecule has 2 N–H and O–H groups in total. The number of hydrogen-bond acceptors (Lipinski definition) is 1. The first-order valence-electron chi connectivity index (χ1n) is 6.37. The van der Waals surface area contributed by atoms with Gasteiger partial charge in [-0.2, -0.15) is 0 Å². The zero-order valence-corrected chi connectivity index (χ0v) is 11.8. The number of hydrogen-bond donors (Lipinski definition) is 1. The molecule has 3 rings (SSSR count). The normalized spacial score (nSPS) is 11.0. The van der Waals surface area contributed by atoms with E-state index in [1.54, 1.807) is 24.3 Å². The number of primary amides is 1. The molecule has 0 spiro atoms. The van der Waals surface area contributed by atoms with E-state index in [2.05, 4.69) is 0 Å². The summed E-state index contributed by atoms with van der Waals surface area (Å²) in [5.74, 6) is -0.769. The topological polar surface area (TPSA) is 48.0 Å². The average molecular weight is 303 g/mol. The van der Waals surface area contributed by atoms with E-state index in [0.29, 0.717) is 17.1 Å². The second-order valence-corrected chi connectivity index (χ2v) is 5.22. The molecule has 0 radical (unpaired) electrons. The van der Waals surface area contributed by atoms with Crippen LogP contribution in [0.25, 0.3) is 10.9 Å². The molecule has 0 saturated carbocycles. The smallest absolute Gasteiger partial charge is 0.248 e. The molecule has 106 valence electrons. The highest BCUT2D eigenvalue weighted by Crippen LogP contribution is 2.22. The van der Waals surface area contributed by atoms with Crippen LogP contribution in [-0.2, 0) is 6.54 Å². The van der Waals surface area contributed by atoms with Gasteiger partial charge >= 0.3 is 0 Å². The van der Waals surface area contributed by atoms with Gasteiger partial charge in [0.1, 0.15) is 5.82 Å². The van der Waals surface area contributed by atoms with Gasteiger partial charge in [-0.25, -0.2) is 4.39 Å². The average Bonchev–Trinajstić information content (AvgIpc) is 2.83. The fourth-order valence-electron chi connectivity index (χ4n) is 2.32. The van der Waals surface area contributed by atoms with Crippen LogP contribution < -0.4 is 5.73 Å². The van der Waals surface area contributed by atoms with Crippen LogP contribution in [0.2, 0.25) is 5.02 Å². The van der Waals surface area contributed by atoms with E-state index < -0.39 is 5.91 Å². The molecule has 3 aromatic rings. The minimum absolute atomic E-state index is 0.260. The molecule has 0 unspecified atom stereocenters. The Morgan fingerprint density at radius 2 is 2.00 bits per heavy atom. The molecule has 1 heterocycles. The first-order chi connectivity index (χ1) is 10.0.